The van der Waals surface area contributed by atoms with Crippen LogP contribution >= 0.6 is 0 Å². The SMILES string of the molecule is CC(CN)NCC(N)N. The first-order valence-corrected chi connectivity index (χ1v) is 3.11. The lowest BCUT2D eigenvalue weighted by molar-refractivity contribution is 0.514. The maximum absolute atomic E-state index is 5.31. The molecule has 1 unspecified atom stereocenters. The van der Waals surface area contributed by atoms with E-state index in [0.717, 1.165) is 0 Å². The number of rotatable bonds is 4. The topological polar surface area (TPSA) is 90.1 Å². The van der Waals surface area contributed by atoms with Gasteiger partial charge in [0.1, 0.15) is 0 Å². The van der Waals surface area contributed by atoms with Crippen LogP contribution in [-0.4, -0.2) is 25.3 Å². The van der Waals surface area contributed by atoms with Gasteiger partial charge in [0.05, 0.1) is 6.17 Å². The zero-order valence-corrected chi connectivity index (χ0v) is 5.80. The molecule has 7 N–H and O–H groups in total. The van der Waals surface area contributed by atoms with E-state index in [1.165, 1.54) is 0 Å². The molecule has 1 atom stereocenters. The summed E-state index contributed by atoms with van der Waals surface area (Å²) in [5, 5.41) is 3.06. The van der Waals surface area contributed by atoms with Gasteiger partial charge in [0.25, 0.3) is 0 Å². The van der Waals surface area contributed by atoms with Crippen LogP contribution in [0.3, 0.4) is 0 Å². The highest BCUT2D eigenvalue weighted by atomic mass is 15.0. The largest absolute Gasteiger partial charge is 0.329 e. The molecular weight excluding hydrogens is 116 g/mol. The standard InChI is InChI=1S/C5H16N4/c1-4(2-6)9-3-5(7)8/h4-5,9H,2-3,6-8H2,1H3. The Balaban J connectivity index is 3.06. The van der Waals surface area contributed by atoms with Gasteiger partial charge in [-0.15, -0.1) is 0 Å². The predicted molar refractivity (Wildman–Crippen MR) is 38.7 cm³/mol. The molecule has 0 aromatic heterocycles. The molecule has 0 spiro atoms. The molecule has 4 nitrogen and oxygen atoms in total. The van der Waals surface area contributed by atoms with Crippen molar-refractivity contribution in [2.24, 2.45) is 17.2 Å². The molecule has 0 saturated carbocycles. The third kappa shape index (κ3) is 5.72. The van der Waals surface area contributed by atoms with Crippen LogP contribution in [0.1, 0.15) is 6.92 Å². The van der Waals surface area contributed by atoms with Crippen molar-refractivity contribution in [3.8, 4) is 0 Å². The van der Waals surface area contributed by atoms with E-state index in [0.29, 0.717) is 19.1 Å². The fraction of sp³-hybridized carbons (Fsp3) is 1.00. The van der Waals surface area contributed by atoms with Gasteiger partial charge in [0.2, 0.25) is 0 Å². The van der Waals surface area contributed by atoms with Crippen LogP contribution in [0, 0.1) is 0 Å². The summed E-state index contributed by atoms with van der Waals surface area (Å²) in [6.45, 7) is 3.23. The molecule has 0 heterocycles. The molecule has 0 amide bonds. The minimum absolute atomic E-state index is 0.279. The van der Waals surface area contributed by atoms with Crippen LogP contribution in [-0.2, 0) is 0 Å². The second-order valence-electron chi connectivity index (χ2n) is 2.21. The zero-order chi connectivity index (χ0) is 7.28. The Hall–Kier alpha value is -0.160. The van der Waals surface area contributed by atoms with E-state index in [1.807, 2.05) is 6.92 Å². The van der Waals surface area contributed by atoms with Crippen LogP contribution in [0.15, 0.2) is 0 Å². The van der Waals surface area contributed by atoms with Gasteiger partial charge < -0.3 is 22.5 Å². The molecule has 0 aromatic carbocycles. The summed E-state index contributed by atoms with van der Waals surface area (Å²) in [6, 6.07) is 0.305. The maximum Gasteiger partial charge on any atom is 0.0649 e. The van der Waals surface area contributed by atoms with Crippen molar-refractivity contribution >= 4 is 0 Å². The highest BCUT2D eigenvalue weighted by molar-refractivity contribution is 4.63. The molecule has 0 bridgehead atoms. The fourth-order valence-electron chi connectivity index (χ4n) is 0.421. The molecule has 0 aliphatic carbocycles. The summed E-state index contributed by atoms with van der Waals surface area (Å²) in [5.74, 6) is 0. The molecular formula is C5H16N4. The molecule has 0 saturated heterocycles. The molecule has 4 heteroatoms. The molecule has 0 aliphatic rings. The first-order valence-electron chi connectivity index (χ1n) is 3.11. The van der Waals surface area contributed by atoms with Gasteiger partial charge in [-0.1, -0.05) is 0 Å². The Kier molecular flexibility index (Phi) is 4.61. The lowest BCUT2D eigenvalue weighted by atomic mass is 10.3. The van der Waals surface area contributed by atoms with Crippen LogP contribution in [0.5, 0.6) is 0 Å². The average molecular weight is 132 g/mol. The van der Waals surface area contributed by atoms with E-state index >= 15 is 0 Å². The monoisotopic (exact) mass is 132 g/mol. The van der Waals surface area contributed by atoms with Gasteiger partial charge in [0, 0.05) is 19.1 Å². The van der Waals surface area contributed by atoms with Crippen molar-refractivity contribution in [1.29, 1.82) is 0 Å². The summed E-state index contributed by atoms with van der Waals surface area (Å²) in [6.07, 6.45) is -0.279. The normalized spacial score (nSPS) is 14.3. The predicted octanol–water partition coefficient (Wildman–Crippen LogP) is -1.83. The maximum atomic E-state index is 5.31. The molecule has 56 valence electrons. The van der Waals surface area contributed by atoms with Crippen molar-refractivity contribution in [3.63, 3.8) is 0 Å². The molecule has 0 rings (SSSR count). The summed E-state index contributed by atoms with van der Waals surface area (Å²) in [5.41, 5.74) is 15.9. The average Bonchev–Trinajstić information content (AvgIpc) is 1.83. The number of hydrogen-bond acceptors (Lipinski definition) is 4. The minimum atomic E-state index is -0.279. The number of nitrogens with two attached hydrogens (primary N) is 3. The highest BCUT2D eigenvalue weighted by Crippen LogP contribution is 1.73. The van der Waals surface area contributed by atoms with E-state index in [2.05, 4.69) is 5.32 Å². The van der Waals surface area contributed by atoms with E-state index in [9.17, 15) is 0 Å². The van der Waals surface area contributed by atoms with E-state index in [-0.39, 0.29) is 6.17 Å². The van der Waals surface area contributed by atoms with Crippen LogP contribution in [0.4, 0.5) is 0 Å². The Morgan fingerprint density at radius 3 is 2.33 bits per heavy atom. The fourth-order valence-corrected chi connectivity index (χ4v) is 0.421. The van der Waals surface area contributed by atoms with E-state index in [1.54, 1.807) is 0 Å². The third-order valence-corrected chi connectivity index (χ3v) is 1.06. The summed E-state index contributed by atoms with van der Waals surface area (Å²) < 4.78 is 0. The second kappa shape index (κ2) is 4.69. The molecule has 0 radical (unpaired) electrons. The van der Waals surface area contributed by atoms with Gasteiger partial charge in [-0.05, 0) is 6.92 Å². The minimum Gasteiger partial charge on any atom is -0.329 e. The number of nitrogens with one attached hydrogen (secondary N) is 1. The molecule has 0 aromatic rings. The summed E-state index contributed by atoms with van der Waals surface area (Å²) in [4.78, 5) is 0. The van der Waals surface area contributed by atoms with Gasteiger partial charge in [-0.3, -0.25) is 0 Å². The van der Waals surface area contributed by atoms with Gasteiger partial charge in [0.15, 0.2) is 0 Å². The van der Waals surface area contributed by atoms with Gasteiger partial charge in [-0.2, -0.15) is 0 Å². The van der Waals surface area contributed by atoms with Crippen molar-refractivity contribution < 1.29 is 0 Å². The Morgan fingerprint density at radius 1 is 1.44 bits per heavy atom. The first kappa shape index (κ1) is 8.84. The Labute approximate surface area is 55.8 Å². The second-order valence-corrected chi connectivity index (χ2v) is 2.21. The van der Waals surface area contributed by atoms with E-state index in [4.69, 9.17) is 17.2 Å². The van der Waals surface area contributed by atoms with Gasteiger partial charge >= 0.3 is 0 Å². The van der Waals surface area contributed by atoms with E-state index < -0.39 is 0 Å². The molecule has 0 aliphatic heterocycles. The first-order chi connectivity index (χ1) is 4.16. The number of hydrogen-bond donors (Lipinski definition) is 4. The highest BCUT2D eigenvalue weighted by Gasteiger charge is 1.97. The molecule has 9 heavy (non-hydrogen) atoms. The summed E-state index contributed by atoms with van der Waals surface area (Å²) in [7, 11) is 0. The third-order valence-electron chi connectivity index (χ3n) is 1.06. The smallest absolute Gasteiger partial charge is 0.0649 e. The lowest BCUT2D eigenvalue weighted by Crippen LogP contribution is -2.45. The summed E-state index contributed by atoms with van der Waals surface area (Å²) >= 11 is 0. The Morgan fingerprint density at radius 2 is 2.00 bits per heavy atom. The zero-order valence-electron chi connectivity index (χ0n) is 5.80. The lowest BCUT2D eigenvalue weighted by Gasteiger charge is -2.12. The Bertz CT molecular complexity index is 64.0. The van der Waals surface area contributed by atoms with Crippen LogP contribution in [0.2, 0.25) is 0 Å². The van der Waals surface area contributed by atoms with Crippen molar-refractivity contribution in [1.82, 2.24) is 5.32 Å². The van der Waals surface area contributed by atoms with Crippen molar-refractivity contribution in [2.45, 2.75) is 19.1 Å². The van der Waals surface area contributed by atoms with Gasteiger partial charge in [-0.25, -0.2) is 0 Å². The molecule has 0 fully saturated rings. The van der Waals surface area contributed by atoms with Crippen LogP contribution < -0.4 is 22.5 Å². The van der Waals surface area contributed by atoms with Crippen LogP contribution in [0.25, 0.3) is 0 Å². The quantitative estimate of drug-likeness (QED) is 0.339. The van der Waals surface area contributed by atoms with Crippen molar-refractivity contribution in [2.75, 3.05) is 13.1 Å². The van der Waals surface area contributed by atoms with Crippen molar-refractivity contribution in [3.05, 3.63) is 0 Å².